The van der Waals surface area contributed by atoms with Crippen LogP contribution in [0.4, 0.5) is 22.7 Å². The van der Waals surface area contributed by atoms with Gasteiger partial charge in [-0.2, -0.15) is 12.6 Å². The molecule has 0 radical (unpaired) electrons. The van der Waals surface area contributed by atoms with E-state index in [4.69, 9.17) is 0 Å². The van der Waals surface area contributed by atoms with Crippen LogP contribution in [0.15, 0.2) is 91.4 Å². The van der Waals surface area contributed by atoms with Crippen molar-refractivity contribution in [3.63, 3.8) is 0 Å². The van der Waals surface area contributed by atoms with Crippen LogP contribution in [0.1, 0.15) is 237 Å². The zero-order valence-corrected chi connectivity index (χ0v) is 45.3. The number of unbranched alkanes of at least 4 members (excludes halogenated alkanes) is 1. The summed E-state index contributed by atoms with van der Waals surface area (Å²) in [5, 5.41) is 0. The van der Waals surface area contributed by atoms with Crippen molar-refractivity contribution in [1.29, 1.82) is 0 Å². The minimum atomic E-state index is 0. The molecule has 0 fully saturated rings. The predicted molar refractivity (Wildman–Crippen MR) is 299 cm³/mol. The number of benzene rings is 4. The van der Waals surface area contributed by atoms with Gasteiger partial charge >= 0.3 is 37.7 Å². The van der Waals surface area contributed by atoms with E-state index < -0.39 is 0 Å². The van der Waals surface area contributed by atoms with Gasteiger partial charge in [-0.1, -0.05) is 218 Å². The van der Waals surface area contributed by atoms with Crippen LogP contribution in [-0.2, 0) is 0 Å². The van der Waals surface area contributed by atoms with Gasteiger partial charge in [0.2, 0.25) is 0 Å². The minimum Gasteiger partial charge on any atom is -0.493 e. The molecule has 0 spiro atoms. The molecule has 0 unspecified atom stereocenters. The largest absolute Gasteiger partial charge is 1.00 e. The maximum atomic E-state index is 4.00. The average molecular weight is 909 g/mol. The summed E-state index contributed by atoms with van der Waals surface area (Å²) in [4.78, 5) is 9.62. The van der Waals surface area contributed by atoms with E-state index in [1.54, 1.807) is 0 Å². The smallest absolute Gasteiger partial charge is 0.493 e. The van der Waals surface area contributed by atoms with Crippen molar-refractivity contribution in [2.75, 3.05) is 32.9 Å². The Balaban J connectivity index is 0. The van der Waals surface area contributed by atoms with Gasteiger partial charge in [0.05, 0.1) is 13.3 Å². The van der Waals surface area contributed by atoms with Crippen molar-refractivity contribution in [3.05, 3.63) is 149 Å². The van der Waals surface area contributed by atoms with Gasteiger partial charge < -0.3 is 26.5 Å². The summed E-state index contributed by atoms with van der Waals surface area (Å²) in [6, 6.07) is 27.1. The molecule has 0 saturated carbocycles. The first-order valence-corrected chi connectivity index (χ1v) is 24.3. The van der Waals surface area contributed by atoms with E-state index in [1.807, 2.05) is 0 Å². The van der Waals surface area contributed by atoms with Crippen LogP contribution >= 0.6 is 0 Å². The van der Waals surface area contributed by atoms with Crippen LogP contribution in [-0.4, -0.2) is 13.3 Å². The zero-order chi connectivity index (χ0) is 48.0. The van der Waals surface area contributed by atoms with Gasteiger partial charge in [-0.15, -0.1) is 29.7 Å². The molecule has 2 heterocycles. The topological polar surface area (TPSA) is 13.0 Å². The Labute approximate surface area is 445 Å². The van der Waals surface area contributed by atoms with E-state index in [1.165, 1.54) is 73.7 Å². The Bertz CT molecular complexity index is 1740. The zero-order valence-electron chi connectivity index (χ0n) is 45.3. The predicted octanol–water partition coefficient (Wildman–Crippen LogP) is 12.8. The van der Waals surface area contributed by atoms with E-state index >= 15 is 0 Å². The number of anilines is 4. The third-order valence-electron chi connectivity index (χ3n) is 12.2. The molecule has 0 atom stereocenters. The van der Waals surface area contributed by atoms with Crippen molar-refractivity contribution < 1.29 is 37.7 Å². The van der Waals surface area contributed by atoms with Crippen molar-refractivity contribution in [2.45, 2.75) is 193 Å². The van der Waals surface area contributed by atoms with Crippen molar-refractivity contribution >= 4 is 22.7 Å². The van der Waals surface area contributed by atoms with Gasteiger partial charge in [-0.3, -0.25) is 0 Å². The quantitative estimate of drug-likeness (QED) is 0.0753. The number of para-hydroxylation sites is 4. The average Bonchev–Trinajstić information content (AvgIpc) is 3.97. The Hall–Kier alpha value is -3.69. The normalized spacial score (nSPS) is 12.7. The molecule has 0 bridgehead atoms. The molecule has 364 valence electrons. The molecule has 6 rings (SSSR count). The van der Waals surface area contributed by atoms with E-state index in [0.29, 0.717) is 47.3 Å². The van der Waals surface area contributed by atoms with Crippen molar-refractivity contribution in [1.82, 2.24) is 0 Å². The fraction of sp³-hybridized carbons (Fsp3) is 0.500. The summed E-state index contributed by atoms with van der Waals surface area (Å²) < 4.78 is 0. The van der Waals surface area contributed by atoms with Gasteiger partial charge in [0, 0.05) is 29.5 Å². The number of terminal acetylenes is 1. The number of rotatable bonds is 13. The summed E-state index contributed by atoms with van der Waals surface area (Å²) in [6.45, 7) is 44.1. The van der Waals surface area contributed by atoms with Gasteiger partial charge in [0.1, 0.15) is 0 Å². The Morgan fingerprint density at radius 3 is 0.868 bits per heavy atom. The summed E-state index contributed by atoms with van der Waals surface area (Å²) in [7, 11) is 0. The molecule has 4 nitrogen and oxygen atoms in total. The minimum absolute atomic E-state index is 0. The molecule has 68 heavy (non-hydrogen) atoms. The molecule has 0 aliphatic carbocycles. The molecule has 0 amide bonds. The Kier molecular flexibility index (Phi) is 30.8. The Morgan fingerprint density at radius 2 is 0.647 bits per heavy atom. The van der Waals surface area contributed by atoms with E-state index in [2.05, 4.69) is 255 Å². The second-order valence-electron chi connectivity index (χ2n) is 19.9. The molecule has 6 heteroatoms. The molecular formula is C62H94Li2N4. The van der Waals surface area contributed by atoms with Gasteiger partial charge in [0.25, 0.3) is 0 Å². The summed E-state index contributed by atoms with van der Waals surface area (Å²) >= 11 is 0. The number of hydrogen-bond acceptors (Lipinski definition) is 4. The van der Waals surface area contributed by atoms with Crippen LogP contribution in [0.3, 0.4) is 0 Å². The molecule has 2 aliphatic heterocycles. The fourth-order valence-corrected chi connectivity index (χ4v) is 8.71. The first-order valence-electron chi connectivity index (χ1n) is 24.3. The molecule has 2 aliphatic rings. The third-order valence-corrected chi connectivity index (χ3v) is 12.2. The standard InChI is InChI=1S/C27H38N2.C27H37N2.C4H9.C2H2.2CH4.2Li/c2*1-18(2)22-11-9-12-23(19(3)4)26(22)28-15-16-29(17-28)27-24(20(5)6)13-10-14-25(27)21(7)8;1-3-4-2;1-2;;;;/h9-16,18-21H,17H2,1-8H3;9-15,18-21H,17H2,1-8H3;1,3-4H2,2H3;1-2H;2*1H4;;/q;2*-1;;;;2*+1. The van der Waals surface area contributed by atoms with E-state index in [0.717, 1.165) is 19.8 Å². The molecule has 4 aromatic carbocycles. The third kappa shape index (κ3) is 16.5. The van der Waals surface area contributed by atoms with Crippen LogP contribution in [0.2, 0.25) is 0 Å². The van der Waals surface area contributed by atoms with Gasteiger partial charge in [-0.25, -0.2) is 0 Å². The molecule has 0 aromatic heterocycles. The Morgan fingerprint density at radius 1 is 0.426 bits per heavy atom. The molecule has 0 N–H and O–H groups in total. The summed E-state index contributed by atoms with van der Waals surface area (Å²) in [5.74, 6) is 3.93. The second kappa shape index (κ2) is 31.5. The van der Waals surface area contributed by atoms with Crippen molar-refractivity contribution in [3.8, 4) is 12.8 Å². The first kappa shape index (κ1) is 66.4. The van der Waals surface area contributed by atoms with Gasteiger partial charge in [-0.05, 0) is 80.7 Å². The SMILES string of the molecule is C.C.C#C.CC(C)c1cccc(C(C)C)c1N1C=CN(c2c(C(C)C)cccc2C(C)C)C1.CC(C)c1cccc(C(C)C)c1N1[C-]=CN(c2c(C(C)C)cccc2C(C)C)C1.[CH2-]CCC.[Li+].[Li+]. The van der Waals surface area contributed by atoms with Crippen LogP contribution in [0.25, 0.3) is 0 Å². The van der Waals surface area contributed by atoms with Crippen molar-refractivity contribution in [2.24, 2.45) is 0 Å². The van der Waals surface area contributed by atoms with E-state index in [-0.39, 0.29) is 52.6 Å². The van der Waals surface area contributed by atoms with Crippen LogP contribution in [0, 0.1) is 26.0 Å². The molecular weight excluding hydrogens is 815 g/mol. The number of nitrogens with zero attached hydrogens (tertiary/aromatic N) is 4. The maximum Gasteiger partial charge on any atom is 1.00 e. The first-order chi connectivity index (χ1) is 30.4. The van der Waals surface area contributed by atoms with Crippen LogP contribution in [0.5, 0.6) is 0 Å². The number of hydrogen-bond donors (Lipinski definition) is 0. The van der Waals surface area contributed by atoms with Crippen LogP contribution < -0.4 is 57.3 Å². The fourth-order valence-electron chi connectivity index (χ4n) is 8.71. The monoisotopic (exact) mass is 909 g/mol. The maximum absolute atomic E-state index is 4.00. The van der Waals surface area contributed by atoms with Gasteiger partial charge in [0.15, 0.2) is 0 Å². The van der Waals surface area contributed by atoms with E-state index in [9.17, 15) is 0 Å². The summed E-state index contributed by atoms with van der Waals surface area (Å²) in [5.41, 5.74) is 16.9. The molecule has 0 saturated heterocycles. The molecule has 4 aromatic rings. The second-order valence-corrected chi connectivity index (χ2v) is 19.9. The summed E-state index contributed by atoms with van der Waals surface area (Å²) in [6.07, 6.45) is 20.5.